The molecule has 1 saturated carbocycles. The van der Waals surface area contributed by atoms with Crippen LogP contribution < -0.4 is 5.32 Å². The van der Waals surface area contributed by atoms with Crippen molar-refractivity contribution in [1.29, 1.82) is 0 Å². The van der Waals surface area contributed by atoms with Crippen molar-refractivity contribution < 1.29 is 13.8 Å². The molecule has 0 bridgehead atoms. The molecule has 2 amide bonds. The molecular weight excluding hydrogens is 579 g/mol. The van der Waals surface area contributed by atoms with Gasteiger partial charge < -0.3 is 15.2 Å². The molecule has 214 valence electrons. The lowest BCUT2D eigenvalue weighted by molar-refractivity contribution is -0.110. The van der Waals surface area contributed by atoms with Gasteiger partial charge >= 0.3 is 0 Å². The number of nitrogens with zero attached hydrogens (tertiary/aromatic N) is 2. The zero-order valence-corrected chi connectivity index (χ0v) is 25.4. The molecule has 6 rings (SSSR count). The number of amides is 2. The van der Waals surface area contributed by atoms with Crippen LogP contribution in [0.25, 0.3) is 11.6 Å². The van der Waals surface area contributed by atoms with Crippen molar-refractivity contribution in [3.05, 3.63) is 80.1 Å². The minimum atomic E-state index is -1.43. The standard InChI is InChI=1S/C31H32Cl2N4O3S/c1-18-28(34-19(2)29(18)31(39)37-12-10-36(11-13-37)16-20-6-7-20)15-23-22-14-21(8-9-27(22)35-30(23)38)41(40)17-24-25(32)4-3-5-26(24)33/h3-5,8-9,14-15,20,34H,6-7,10-13,16-17H2,1-2H3,(H,35,38). The van der Waals surface area contributed by atoms with Gasteiger partial charge in [0.15, 0.2) is 0 Å². The number of piperazine rings is 1. The Morgan fingerprint density at radius 1 is 1.07 bits per heavy atom. The Balaban J connectivity index is 1.23. The predicted octanol–water partition coefficient (Wildman–Crippen LogP) is 5.91. The minimum Gasteiger partial charge on any atom is -0.358 e. The van der Waals surface area contributed by atoms with Crippen molar-refractivity contribution in [2.45, 2.75) is 37.3 Å². The molecule has 41 heavy (non-hydrogen) atoms. The number of benzene rings is 2. The monoisotopic (exact) mass is 610 g/mol. The fraction of sp³-hybridized carbons (Fsp3) is 0.355. The first-order valence-corrected chi connectivity index (χ1v) is 16.0. The van der Waals surface area contributed by atoms with Crippen LogP contribution >= 0.6 is 23.2 Å². The Hall–Kier alpha value is -2.91. The normalized spacial score (nSPS) is 19.0. The Labute approximate surface area is 252 Å². The molecule has 7 nitrogen and oxygen atoms in total. The largest absolute Gasteiger partial charge is 0.358 e. The molecule has 0 spiro atoms. The minimum absolute atomic E-state index is 0.0270. The van der Waals surface area contributed by atoms with Gasteiger partial charge in [0.05, 0.1) is 27.7 Å². The van der Waals surface area contributed by atoms with E-state index in [2.05, 4.69) is 15.2 Å². The summed E-state index contributed by atoms with van der Waals surface area (Å²) < 4.78 is 13.3. The number of aryl methyl sites for hydroxylation is 1. The Bertz CT molecular complexity index is 1580. The summed E-state index contributed by atoms with van der Waals surface area (Å²) in [6.07, 6.45) is 4.45. The molecule has 1 saturated heterocycles. The number of anilines is 1. The van der Waals surface area contributed by atoms with Gasteiger partial charge in [-0.2, -0.15) is 0 Å². The lowest BCUT2D eigenvalue weighted by atomic mass is 10.0. The first kappa shape index (κ1) is 28.2. The third kappa shape index (κ3) is 5.75. The summed E-state index contributed by atoms with van der Waals surface area (Å²) in [5, 5.41) is 3.83. The van der Waals surface area contributed by atoms with E-state index in [0.29, 0.717) is 48.6 Å². The number of hydrogen-bond donors (Lipinski definition) is 2. The average molecular weight is 612 g/mol. The first-order chi connectivity index (χ1) is 19.7. The van der Waals surface area contributed by atoms with Gasteiger partial charge in [-0.3, -0.25) is 18.7 Å². The molecule has 0 radical (unpaired) electrons. The summed E-state index contributed by atoms with van der Waals surface area (Å²) >= 11 is 12.6. The van der Waals surface area contributed by atoms with Crippen molar-refractivity contribution in [3.63, 3.8) is 0 Å². The van der Waals surface area contributed by atoms with Crippen molar-refractivity contribution in [3.8, 4) is 0 Å². The third-order valence-electron chi connectivity index (χ3n) is 8.23. The van der Waals surface area contributed by atoms with Gasteiger partial charge in [-0.25, -0.2) is 0 Å². The van der Waals surface area contributed by atoms with E-state index in [-0.39, 0.29) is 17.6 Å². The maximum Gasteiger partial charge on any atom is 0.256 e. The molecule has 10 heteroatoms. The van der Waals surface area contributed by atoms with Crippen molar-refractivity contribution in [2.24, 2.45) is 5.92 Å². The average Bonchev–Trinajstić information content (AvgIpc) is 3.65. The van der Waals surface area contributed by atoms with Crippen molar-refractivity contribution in [2.75, 3.05) is 38.0 Å². The Morgan fingerprint density at radius 3 is 2.46 bits per heavy atom. The molecule has 2 N–H and O–H groups in total. The lowest BCUT2D eigenvalue weighted by Crippen LogP contribution is -2.49. The SMILES string of the molecule is Cc1[nH]c(C=C2C(=O)Nc3ccc(S(=O)Cc4c(Cl)cccc4Cl)cc32)c(C)c1C(=O)N1CCN(CC2CC2)CC1. The predicted molar refractivity (Wildman–Crippen MR) is 165 cm³/mol. The van der Waals surface area contributed by atoms with E-state index < -0.39 is 10.8 Å². The molecule has 3 heterocycles. The van der Waals surface area contributed by atoms with Gasteiger partial charge in [0.2, 0.25) is 0 Å². The maximum absolute atomic E-state index is 13.5. The van der Waals surface area contributed by atoms with Crippen molar-refractivity contribution in [1.82, 2.24) is 14.8 Å². The third-order valence-corrected chi connectivity index (χ3v) is 10.3. The van der Waals surface area contributed by atoms with Crippen molar-refractivity contribution >= 4 is 63.2 Å². The van der Waals surface area contributed by atoms with E-state index in [1.165, 1.54) is 12.8 Å². The van der Waals surface area contributed by atoms with E-state index in [0.717, 1.165) is 49.9 Å². The van der Waals surface area contributed by atoms with E-state index in [4.69, 9.17) is 23.2 Å². The number of H-pyrrole nitrogens is 1. The lowest BCUT2D eigenvalue weighted by Gasteiger charge is -2.35. The Kier molecular flexibility index (Phi) is 7.85. The first-order valence-electron chi connectivity index (χ1n) is 13.9. The second kappa shape index (κ2) is 11.4. The quantitative estimate of drug-likeness (QED) is 0.326. The van der Waals surface area contributed by atoms with Gasteiger partial charge in [-0.15, -0.1) is 0 Å². The second-order valence-electron chi connectivity index (χ2n) is 11.1. The fourth-order valence-corrected chi connectivity index (χ4v) is 7.58. The van der Waals surface area contributed by atoms with E-state index in [1.54, 1.807) is 42.5 Å². The second-order valence-corrected chi connectivity index (χ2v) is 13.4. The molecule has 1 aliphatic carbocycles. The summed E-state index contributed by atoms with van der Waals surface area (Å²) in [7, 11) is -1.43. The van der Waals surface area contributed by atoms with Gasteiger partial charge in [0.25, 0.3) is 11.8 Å². The maximum atomic E-state index is 13.5. The number of aromatic nitrogens is 1. The van der Waals surface area contributed by atoms with Gasteiger partial charge in [-0.1, -0.05) is 29.3 Å². The smallest absolute Gasteiger partial charge is 0.256 e. The fourth-order valence-electron chi connectivity index (χ4n) is 5.68. The summed E-state index contributed by atoms with van der Waals surface area (Å²) in [4.78, 5) is 34.9. The van der Waals surface area contributed by atoms with Crippen LogP contribution in [0.1, 0.15) is 51.3 Å². The number of nitrogens with one attached hydrogen (secondary N) is 2. The number of halogens is 2. The van der Waals surface area contributed by atoms with Crippen LogP contribution in [0.5, 0.6) is 0 Å². The van der Waals surface area contributed by atoms with Crippen LogP contribution in [-0.4, -0.2) is 63.5 Å². The van der Waals surface area contributed by atoms with Gasteiger partial charge in [-0.05, 0) is 74.6 Å². The number of aromatic amines is 1. The molecular formula is C31H32Cl2N4O3S. The topological polar surface area (TPSA) is 85.5 Å². The summed E-state index contributed by atoms with van der Waals surface area (Å²) in [5.74, 6) is 0.784. The Morgan fingerprint density at radius 2 is 1.78 bits per heavy atom. The highest BCUT2D eigenvalue weighted by Gasteiger charge is 2.31. The summed E-state index contributed by atoms with van der Waals surface area (Å²) in [6.45, 7) is 8.22. The van der Waals surface area contributed by atoms with Crippen LogP contribution in [0, 0.1) is 19.8 Å². The number of carbonyl (C=O) groups is 2. The molecule has 1 unspecified atom stereocenters. The summed E-state index contributed by atoms with van der Waals surface area (Å²) in [6, 6.07) is 10.5. The number of carbonyl (C=O) groups excluding carboxylic acids is 2. The van der Waals surface area contributed by atoms with E-state index in [1.807, 2.05) is 18.7 Å². The molecule has 2 aliphatic heterocycles. The van der Waals surface area contributed by atoms with Crippen LogP contribution in [0.4, 0.5) is 5.69 Å². The number of hydrogen-bond acceptors (Lipinski definition) is 4. The molecule has 3 aromatic rings. The molecule has 2 fully saturated rings. The van der Waals surface area contributed by atoms with Crippen LogP contribution in [0.15, 0.2) is 41.3 Å². The van der Waals surface area contributed by atoms with Gasteiger partial charge in [0, 0.05) is 75.9 Å². The number of rotatable bonds is 7. The van der Waals surface area contributed by atoms with Crippen LogP contribution in [0.2, 0.25) is 10.0 Å². The zero-order valence-electron chi connectivity index (χ0n) is 23.1. The summed E-state index contributed by atoms with van der Waals surface area (Å²) in [5.41, 5.74) is 5.37. The molecule has 1 aromatic heterocycles. The molecule has 3 aliphatic rings. The van der Waals surface area contributed by atoms with Crippen LogP contribution in [0.3, 0.4) is 0 Å². The molecule has 2 aromatic carbocycles. The van der Waals surface area contributed by atoms with E-state index >= 15 is 0 Å². The molecule has 1 atom stereocenters. The highest BCUT2D eigenvalue weighted by atomic mass is 35.5. The van der Waals surface area contributed by atoms with Gasteiger partial charge in [0.1, 0.15) is 0 Å². The van der Waals surface area contributed by atoms with E-state index in [9.17, 15) is 13.8 Å². The van der Waals surface area contributed by atoms with Crippen LogP contribution in [-0.2, 0) is 21.3 Å². The number of fused-ring (bicyclic) bond motifs is 1. The highest BCUT2D eigenvalue weighted by molar-refractivity contribution is 7.84. The highest BCUT2D eigenvalue weighted by Crippen LogP contribution is 2.36. The zero-order chi connectivity index (χ0) is 28.8.